The average Bonchev–Trinajstić information content (AvgIpc) is 2.61. The summed E-state index contributed by atoms with van der Waals surface area (Å²) in [7, 11) is 0. The van der Waals surface area contributed by atoms with Gasteiger partial charge in [-0.05, 0) is 19.3 Å². The summed E-state index contributed by atoms with van der Waals surface area (Å²) < 4.78 is 5.24. The zero-order valence-electron chi connectivity index (χ0n) is 10.9. The van der Waals surface area contributed by atoms with Crippen LogP contribution in [0.4, 0.5) is 0 Å². The van der Waals surface area contributed by atoms with E-state index in [0.717, 1.165) is 45.2 Å². The number of nitrogens with zero attached hydrogens (tertiary/aromatic N) is 1. The van der Waals surface area contributed by atoms with E-state index in [1.807, 2.05) is 4.90 Å². The van der Waals surface area contributed by atoms with Crippen LogP contribution in [0.3, 0.4) is 0 Å². The molecule has 0 bridgehead atoms. The number of hydrogen-bond acceptors (Lipinski definition) is 3. The smallest absolute Gasteiger partial charge is 0.222 e. The van der Waals surface area contributed by atoms with Crippen molar-refractivity contribution in [3.63, 3.8) is 0 Å². The van der Waals surface area contributed by atoms with Crippen molar-refractivity contribution in [2.24, 2.45) is 0 Å². The van der Waals surface area contributed by atoms with Crippen molar-refractivity contribution in [2.75, 3.05) is 26.3 Å². The zero-order chi connectivity index (χ0) is 12.8. The van der Waals surface area contributed by atoms with Crippen LogP contribution in [-0.4, -0.2) is 49.0 Å². The largest absolute Gasteiger partial charge is 0.378 e. The summed E-state index contributed by atoms with van der Waals surface area (Å²) in [5.74, 6) is 0.868. The molecule has 5 nitrogen and oxygen atoms in total. The molecule has 0 aromatic carbocycles. The van der Waals surface area contributed by atoms with Crippen LogP contribution in [0.2, 0.25) is 0 Å². The first-order valence-corrected chi connectivity index (χ1v) is 6.95. The van der Waals surface area contributed by atoms with Crippen LogP contribution >= 0.6 is 0 Å². The van der Waals surface area contributed by atoms with Gasteiger partial charge in [-0.3, -0.25) is 10.2 Å². The van der Waals surface area contributed by atoms with Crippen LogP contribution in [0.25, 0.3) is 0 Å². The zero-order valence-corrected chi connectivity index (χ0v) is 10.9. The first-order valence-electron chi connectivity index (χ1n) is 6.95. The van der Waals surface area contributed by atoms with Gasteiger partial charge < -0.3 is 15.0 Å². The van der Waals surface area contributed by atoms with E-state index in [-0.39, 0.29) is 5.91 Å². The number of amidine groups is 1. The standard InChI is InChI=1S/C13H23N3O2/c14-12-4-2-1-3-11(15-12)5-6-13(17)16-7-9-18-10-8-16/h11H,1-10H2,(H2,14,15). The van der Waals surface area contributed by atoms with Crippen molar-refractivity contribution in [2.45, 2.75) is 44.6 Å². The Morgan fingerprint density at radius 3 is 2.94 bits per heavy atom. The van der Waals surface area contributed by atoms with E-state index in [9.17, 15) is 4.79 Å². The van der Waals surface area contributed by atoms with Gasteiger partial charge >= 0.3 is 0 Å². The molecule has 0 aromatic rings. The third-order valence-corrected chi connectivity index (χ3v) is 3.68. The number of carbonyl (C=O) groups excluding carboxylic acids is 1. The number of amides is 1. The molecule has 1 amide bonds. The SMILES string of the molecule is N=C1CCCCC(CCC(=O)N2CCOCC2)N1. The predicted octanol–water partition coefficient (Wildman–Crippen LogP) is 1.13. The molecule has 0 aromatic heterocycles. The molecule has 2 saturated heterocycles. The molecule has 0 aliphatic carbocycles. The third kappa shape index (κ3) is 3.98. The van der Waals surface area contributed by atoms with Crippen molar-refractivity contribution >= 4 is 11.7 Å². The molecule has 1 unspecified atom stereocenters. The minimum Gasteiger partial charge on any atom is -0.378 e. The quantitative estimate of drug-likeness (QED) is 0.792. The number of rotatable bonds is 3. The molecule has 5 heteroatoms. The topological polar surface area (TPSA) is 65.4 Å². The Morgan fingerprint density at radius 2 is 2.17 bits per heavy atom. The van der Waals surface area contributed by atoms with E-state index < -0.39 is 0 Å². The fourth-order valence-corrected chi connectivity index (χ4v) is 2.57. The van der Waals surface area contributed by atoms with Crippen LogP contribution < -0.4 is 5.32 Å². The molecule has 2 N–H and O–H groups in total. The summed E-state index contributed by atoms with van der Waals surface area (Å²) in [4.78, 5) is 13.9. The highest BCUT2D eigenvalue weighted by Gasteiger charge is 2.19. The normalized spacial score (nSPS) is 25.4. The van der Waals surface area contributed by atoms with Gasteiger partial charge in [0.25, 0.3) is 0 Å². The van der Waals surface area contributed by atoms with Gasteiger partial charge in [-0.1, -0.05) is 6.42 Å². The van der Waals surface area contributed by atoms with Crippen molar-refractivity contribution in [1.29, 1.82) is 5.41 Å². The molecule has 102 valence electrons. The fourth-order valence-electron chi connectivity index (χ4n) is 2.57. The maximum atomic E-state index is 12.0. The molecular formula is C13H23N3O2. The highest BCUT2D eigenvalue weighted by molar-refractivity contribution is 5.79. The fraction of sp³-hybridized carbons (Fsp3) is 0.846. The van der Waals surface area contributed by atoms with E-state index in [1.54, 1.807) is 0 Å². The van der Waals surface area contributed by atoms with E-state index in [4.69, 9.17) is 10.1 Å². The third-order valence-electron chi connectivity index (χ3n) is 3.68. The highest BCUT2D eigenvalue weighted by atomic mass is 16.5. The number of carbonyl (C=O) groups is 1. The lowest BCUT2D eigenvalue weighted by Crippen LogP contribution is -2.41. The molecule has 0 saturated carbocycles. The van der Waals surface area contributed by atoms with Crippen molar-refractivity contribution in [3.05, 3.63) is 0 Å². The number of ether oxygens (including phenoxy) is 1. The summed E-state index contributed by atoms with van der Waals surface area (Å²) >= 11 is 0. The molecule has 2 aliphatic heterocycles. The van der Waals surface area contributed by atoms with Gasteiger partial charge in [0, 0.05) is 32.0 Å². The molecule has 0 radical (unpaired) electrons. The van der Waals surface area contributed by atoms with Crippen LogP contribution in [0.15, 0.2) is 0 Å². The van der Waals surface area contributed by atoms with E-state index >= 15 is 0 Å². The van der Waals surface area contributed by atoms with Gasteiger partial charge in [0.2, 0.25) is 5.91 Å². The molecule has 2 heterocycles. The van der Waals surface area contributed by atoms with Crippen molar-refractivity contribution in [1.82, 2.24) is 10.2 Å². The van der Waals surface area contributed by atoms with Gasteiger partial charge in [-0.25, -0.2) is 0 Å². The Bertz CT molecular complexity index is 301. The second kappa shape index (κ2) is 6.73. The Hall–Kier alpha value is -1.10. The highest BCUT2D eigenvalue weighted by Crippen LogP contribution is 2.14. The van der Waals surface area contributed by atoms with Gasteiger partial charge in [0.05, 0.1) is 19.0 Å². The van der Waals surface area contributed by atoms with E-state index in [1.165, 1.54) is 0 Å². The molecule has 1 atom stereocenters. The van der Waals surface area contributed by atoms with Gasteiger partial charge in [0.1, 0.15) is 0 Å². The molecule has 0 spiro atoms. The molecular weight excluding hydrogens is 230 g/mol. The van der Waals surface area contributed by atoms with Crippen molar-refractivity contribution < 1.29 is 9.53 Å². The second-order valence-corrected chi connectivity index (χ2v) is 5.10. The Labute approximate surface area is 108 Å². The summed E-state index contributed by atoms with van der Waals surface area (Å²) in [5, 5.41) is 10.9. The minimum atomic E-state index is 0.232. The minimum absolute atomic E-state index is 0.232. The monoisotopic (exact) mass is 253 g/mol. The van der Waals surface area contributed by atoms with E-state index in [0.29, 0.717) is 31.5 Å². The molecule has 2 aliphatic rings. The molecule has 18 heavy (non-hydrogen) atoms. The molecule has 2 rings (SSSR count). The number of morpholine rings is 1. The first-order chi connectivity index (χ1) is 8.75. The second-order valence-electron chi connectivity index (χ2n) is 5.10. The van der Waals surface area contributed by atoms with Crippen LogP contribution in [0, 0.1) is 5.41 Å². The Kier molecular flexibility index (Phi) is 4.99. The van der Waals surface area contributed by atoms with Crippen molar-refractivity contribution in [3.8, 4) is 0 Å². The summed E-state index contributed by atoms with van der Waals surface area (Å²) in [5.41, 5.74) is 0. The van der Waals surface area contributed by atoms with Gasteiger partial charge in [-0.15, -0.1) is 0 Å². The lowest BCUT2D eigenvalue weighted by Gasteiger charge is -2.27. The summed E-state index contributed by atoms with van der Waals surface area (Å²) in [6, 6.07) is 0.310. The summed E-state index contributed by atoms with van der Waals surface area (Å²) in [6.07, 6.45) is 5.63. The van der Waals surface area contributed by atoms with E-state index in [2.05, 4.69) is 5.32 Å². The maximum Gasteiger partial charge on any atom is 0.222 e. The maximum absolute atomic E-state index is 12.0. The first kappa shape index (κ1) is 13.3. The average molecular weight is 253 g/mol. The molecule has 2 fully saturated rings. The Morgan fingerprint density at radius 1 is 1.39 bits per heavy atom. The van der Waals surface area contributed by atoms with Crippen LogP contribution in [0.5, 0.6) is 0 Å². The lowest BCUT2D eigenvalue weighted by molar-refractivity contribution is -0.135. The van der Waals surface area contributed by atoms with Crippen LogP contribution in [0.1, 0.15) is 38.5 Å². The number of nitrogens with one attached hydrogen (secondary N) is 2. The van der Waals surface area contributed by atoms with Gasteiger partial charge in [0.15, 0.2) is 0 Å². The summed E-state index contributed by atoms with van der Waals surface area (Å²) in [6.45, 7) is 2.79. The predicted molar refractivity (Wildman–Crippen MR) is 69.8 cm³/mol. The van der Waals surface area contributed by atoms with Gasteiger partial charge in [-0.2, -0.15) is 0 Å². The van der Waals surface area contributed by atoms with Crippen LogP contribution in [-0.2, 0) is 9.53 Å². The number of hydrogen-bond donors (Lipinski definition) is 2. The lowest BCUT2D eigenvalue weighted by atomic mass is 10.1. The Balaban J connectivity index is 1.72.